The van der Waals surface area contributed by atoms with Gasteiger partial charge >= 0.3 is 0 Å². The SMILES string of the molecule is [CH2]CCCCCCCC(=O)CCCC. The maximum atomic E-state index is 11.3. The first-order valence-electron chi connectivity index (χ1n) is 6.12. The van der Waals surface area contributed by atoms with Gasteiger partial charge in [-0.1, -0.05) is 52.4 Å². The number of hydrogen-bond donors (Lipinski definition) is 0. The lowest BCUT2D eigenvalue weighted by atomic mass is 10.1. The van der Waals surface area contributed by atoms with E-state index >= 15 is 0 Å². The zero-order chi connectivity index (χ0) is 10.6. The molecule has 1 radical (unpaired) electrons. The van der Waals surface area contributed by atoms with Gasteiger partial charge < -0.3 is 0 Å². The Balaban J connectivity index is 3.07. The van der Waals surface area contributed by atoms with E-state index in [2.05, 4.69) is 13.8 Å². The van der Waals surface area contributed by atoms with Gasteiger partial charge in [-0.15, -0.1) is 0 Å². The van der Waals surface area contributed by atoms with Crippen molar-refractivity contribution < 1.29 is 4.79 Å². The van der Waals surface area contributed by atoms with Gasteiger partial charge in [-0.3, -0.25) is 4.79 Å². The molecule has 0 atom stereocenters. The van der Waals surface area contributed by atoms with Crippen LogP contribution in [0.4, 0.5) is 0 Å². The van der Waals surface area contributed by atoms with Crippen molar-refractivity contribution in [2.45, 2.75) is 71.1 Å². The van der Waals surface area contributed by atoms with E-state index in [1.807, 2.05) is 0 Å². The van der Waals surface area contributed by atoms with Crippen LogP contribution in [0.3, 0.4) is 0 Å². The summed E-state index contributed by atoms with van der Waals surface area (Å²) < 4.78 is 0. The van der Waals surface area contributed by atoms with Crippen molar-refractivity contribution in [3.63, 3.8) is 0 Å². The molecular formula is C13H25O. The normalized spacial score (nSPS) is 10.4. The van der Waals surface area contributed by atoms with Crippen LogP contribution in [0.5, 0.6) is 0 Å². The monoisotopic (exact) mass is 197 g/mol. The van der Waals surface area contributed by atoms with Crippen molar-refractivity contribution >= 4 is 5.78 Å². The highest BCUT2D eigenvalue weighted by Gasteiger charge is 2.00. The summed E-state index contributed by atoms with van der Waals surface area (Å²) in [4.78, 5) is 11.3. The van der Waals surface area contributed by atoms with Crippen molar-refractivity contribution in [2.24, 2.45) is 0 Å². The maximum absolute atomic E-state index is 11.3. The first kappa shape index (κ1) is 13.7. The minimum atomic E-state index is 0.462. The van der Waals surface area contributed by atoms with Gasteiger partial charge in [0.15, 0.2) is 0 Å². The van der Waals surface area contributed by atoms with E-state index < -0.39 is 0 Å². The Hall–Kier alpha value is -0.330. The first-order valence-corrected chi connectivity index (χ1v) is 6.12. The zero-order valence-corrected chi connectivity index (χ0v) is 9.69. The fourth-order valence-corrected chi connectivity index (χ4v) is 1.53. The summed E-state index contributed by atoms with van der Waals surface area (Å²) in [6.45, 7) is 5.94. The molecule has 0 spiro atoms. The van der Waals surface area contributed by atoms with Crippen LogP contribution >= 0.6 is 0 Å². The largest absolute Gasteiger partial charge is 0.300 e. The van der Waals surface area contributed by atoms with E-state index in [9.17, 15) is 4.79 Å². The van der Waals surface area contributed by atoms with Crippen LogP contribution in [-0.4, -0.2) is 5.78 Å². The Labute approximate surface area is 89.3 Å². The molecule has 0 fully saturated rings. The third-order valence-electron chi connectivity index (χ3n) is 2.51. The van der Waals surface area contributed by atoms with Crippen molar-refractivity contribution in [2.75, 3.05) is 0 Å². The summed E-state index contributed by atoms with van der Waals surface area (Å²) in [5, 5.41) is 0. The second-order valence-electron chi connectivity index (χ2n) is 4.01. The number of carbonyl (C=O) groups excluding carboxylic acids is 1. The highest BCUT2D eigenvalue weighted by atomic mass is 16.1. The van der Waals surface area contributed by atoms with E-state index in [0.29, 0.717) is 5.78 Å². The lowest BCUT2D eigenvalue weighted by Gasteiger charge is -2.00. The highest BCUT2D eigenvalue weighted by molar-refractivity contribution is 5.78. The molecule has 0 N–H and O–H groups in total. The van der Waals surface area contributed by atoms with Crippen LogP contribution in [0, 0.1) is 6.92 Å². The molecule has 0 aliphatic carbocycles. The maximum Gasteiger partial charge on any atom is 0.132 e. The molecule has 0 saturated carbocycles. The molecule has 1 heteroatoms. The Morgan fingerprint density at radius 3 is 2.14 bits per heavy atom. The lowest BCUT2D eigenvalue weighted by molar-refractivity contribution is -0.119. The van der Waals surface area contributed by atoms with Crippen molar-refractivity contribution in [1.82, 2.24) is 0 Å². The average molecular weight is 197 g/mol. The van der Waals surface area contributed by atoms with Crippen LogP contribution in [0.2, 0.25) is 0 Å². The zero-order valence-electron chi connectivity index (χ0n) is 9.69. The van der Waals surface area contributed by atoms with Gasteiger partial charge in [0.2, 0.25) is 0 Å². The van der Waals surface area contributed by atoms with Gasteiger partial charge in [-0.05, 0) is 12.8 Å². The Morgan fingerprint density at radius 2 is 1.50 bits per heavy atom. The minimum Gasteiger partial charge on any atom is -0.300 e. The lowest BCUT2D eigenvalue weighted by Crippen LogP contribution is -1.96. The fraction of sp³-hybridized carbons (Fsp3) is 0.846. The molecule has 0 aromatic carbocycles. The molecule has 0 heterocycles. The molecule has 1 nitrogen and oxygen atoms in total. The molecule has 0 aromatic heterocycles. The minimum absolute atomic E-state index is 0.462. The summed E-state index contributed by atoms with van der Waals surface area (Å²) in [5.41, 5.74) is 0. The molecule has 0 aliphatic rings. The highest BCUT2D eigenvalue weighted by Crippen LogP contribution is 2.08. The quantitative estimate of drug-likeness (QED) is 0.477. The molecule has 0 rings (SSSR count). The first-order chi connectivity index (χ1) is 6.81. The van der Waals surface area contributed by atoms with Crippen LogP contribution in [-0.2, 0) is 4.79 Å². The van der Waals surface area contributed by atoms with Crippen LogP contribution < -0.4 is 0 Å². The number of ketones is 1. The van der Waals surface area contributed by atoms with Gasteiger partial charge in [0.05, 0.1) is 0 Å². The smallest absolute Gasteiger partial charge is 0.132 e. The molecule has 0 unspecified atom stereocenters. The number of rotatable bonds is 10. The predicted molar refractivity (Wildman–Crippen MR) is 62.2 cm³/mol. The third-order valence-corrected chi connectivity index (χ3v) is 2.51. The van der Waals surface area contributed by atoms with Gasteiger partial charge in [0.1, 0.15) is 5.78 Å². The molecule has 83 valence electrons. The molecule has 0 saturated heterocycles. The van der Waals surface area contributed by atoms with Gasteiger partial charge in [-0.25, -0.2) is 0 Å². The van der Waals surface area contributed by atoms with Crippen molar-refractivity contribution in [1.29, 1.82) is 0 Å². The van der Waals surface area contributed by atoms with Crippen molar-refractivity contribution in [3.05, 3.63) is 6.92 Å². The average Bonchev–Trinajstić information content (AvgIpc) is 2.20. The van der Waals surface area contributed by atoms with E-state index in [0.717, 1.165) is 38.5 Å². The molecule has 0 bridgehead atoms. The van der Waals surface area contributed by atoms with E-state index in [-0.39, 0.29) is 0 Å². The summed E-state index contributed by atoms with van der Waals surface area (Å²) in [7, 11) is 0. The van der Waals surface area contributed by atoms with Gasteiger partial charge in [0.25, 0.3) is 0 Å². The summed E-state index contributed by atoms with van der Waals surface area (Å²) in [6, 6.07) is 0. The van der Waals surface area contributed by atoms with E-state index in [1.165, 1.54) is 25.7 Å². The topological polar surface area (TPSA) is 17.1 Å². The third kappa shape index (κ3) is 9.76. The van der Waals surface area contributed by atoms with E-state index in [4.69, 9.17) is 0 Å². The second kappa shape index (κ2) is 10.7. The Bertz CT molecular complexity index is 129. The van der Waals surface area contributed by atoms with E-state index in [1.54, 1.807) is 0 Å². The standard InChI is InChI=1S/C13H25O/c1-3-5-7-8-9-10-12-13(14)11-6-4-2/h1,3-12H2,2H3. The number of Topliss-reactive ketones (excluding diaryl/α,β-unsaturated/α-hetero) is 1. The van der Waals surface area contributed by atoms with Crippen molar-refractivity contribution in [3.8, 4) is 0 Å². The van der Waals surface area contributed by atoms with Gasteiger partial charge in [-0.2, -0.15) is 0 Å². The number of unbranched alkanes of at least 4 members (excludes halogenated alkanes) is 6. The summed E-state index contributed by atoms with van der Waals surface area (Å²) in [5.74, 6) is 0.462. The number of carbonyl (C=O) groups is 1. The fourth-order valence-electron chi connectivity index (χ4n) is 1.53. The van der Waals surface area contributed by atoms with Crippen LogP contribution in [0.25, 0.3) is 0 Å². The molecule has 0 amide bonds. The predicted octanol–water partition coefficient (Wildman–Crippen LogP) is 4.31. The Morgan fingerprint density at radius 1 is 0.929 bits per heavy atom. The summed E-state index contributed by atoms with van der Waals surface area (Å²) in [6.07, 6.45) is 11.0. The molecule has 0 aliphatic heterocycles. The molecule has 14 heavy (non-hydrogen) atoms. The molecule has 0 aromatic rings. The number of hydrogen-bond acceptors (Lipinski definition) is 1. The van der Waals surface area contributed by atoms with Crippen LogP contribution in [0.1, 0.15) is 71.1 Å². The van der Waals surface area contributed by atoms with Crippen LogP contribution in [0.15, 0.2) is 0 Å². The Kier molecular flexibility index (Phi) is 10.5. The van der Waals surface area contributed by atoms with Gasteiger partial charge in [0, 0.05) is 12.8 Å². The second-order valence-corrected chi connectivity index (χ2v) is 4.01. The summed E-state index contributed by atoms with van der Waals surface area (Å²) >= 11 is 0. The molecular weight excluding hydrogens is 172 g/mol.